The van der Waals surface area contributed by atoms with Crippen molar-refractivity contribution in [2.45, 2.75) is 6.61 Å². The second-order valence-corrected chi connectivity index (χ2v) is 5.67. The van der Waals surface area contributed by atoms with Crippen LogP contribution in [0.5, 0.6) is 0 Å². The Kier molecular flexibility index (Phi) is 4.83. The van der Waals surface area contributed by atoms with Crippen molar-refractivity contribution < 1.29 is 18.3 Å². The Morgan fingerprint density at radius 3 is 2.62 bits per heavy atom. The third-order valence-electron chi connectivity index (χ3n) is 3.16. The largest absolute Gasteiger partial charge is 0.452 e. The predicted molar refractivity (Wildman–Crippen MR) is 87.5 cm³/mol. The summed E-state index contributed by atoms with van der Waals surface area (Å²) in [5, 5.41) is 0.595. The molecule has 3 rings (SSSR count). The van der Waals surface area contributed by atoms with Gasteiger partial charge in [-0.25, -0.2) is 14.2 Å². The second-order valence-electron chi connectivity index (χ2n) is 4.83. The van der Waals surface area contributed by atoms with Gasteiger partial charge in [-0.05, 0) is 42.5 Å². The number of hydrogen-bond donors (Lipinski definition) is 0. The van der Waals surface area contributed by atoms with Crippen LogP contribution in [0.1, 0.15) is 16.2 Å². The molecule has 7 heteroatoms. The standard InChI is InChI=1S/C17H10Cl2FNO3/c18-11-3-1-10(2-4-11)15-8-21-16(24-15)9-23-17(22)13-6-5-12(20)7-14(13)19/h1-8H,9H2. The summed E-state index contributed by atoms with van der Waals surface area (Å²) in [4.78, 5) is 16.0. The van der Waals surface area contributed by atoms with Crippen molar-refractivity contribution in [1.82, 2.24) is 4.98 Å². The molecule has 4 nitrogen and oxygen atoms in total. The Balaban J connectivity index is 1.67. The average molecular weight is 366 g/mol. The first-order valence-corrected chi connectivity index (χ1v) is 7.61. The number of oxazole rings is 1. The highest BCUT2D eigenvalue weighted by Gasteiger charge is 2.14. The average Bonchev–Trinajstić information content (AvgIpc) is 3.02. The van der Waals surface area contributed by atoms with Crippen molar-refractivity contribution in [2.75, 3.05) is 0 Å². The Morgan fingerprint density at radius 1 is 1.17 bits per heavy atom. The summed E-state index contributed by atoms with van der Waals surface area (Å²) in [5.74, 6) is -0.466. The molecule has 0 saturated heterocycles. The smallest absolute Gasteiger partial charge is 0.340 e. The molecule has 24 heavy (non-hydrogen) atoms. The lowest BCUT2D eigenvalue weighted by Crippen LogP contribution is -2.06. The van der Waals surface area contributed by atoms with Crippen LogP contribution in [-0.4, -0.2) is 11.0 Å². The highest BCUT2D eigenvalue weighted by atomic mass is 35.5. The van der Waals surface area contributed by atoms with Gasteiger partial charge < -0.3 is 9.15 Å². The van der Waals surface area contributed by atoms with E-state index in [0.29, 0.717) is 10.8 Å². The normalized spacial score (nSPS) is 10.6. The molecule has 122 valence electrons. The lowest BCUT2D eigenvalue weighted by molar-refractivity contribution is 0.0439. The van der Waals surface area contributed by atoms with Crippen LogP contribution in [0.3, 0.4) is 0 Å². The van der Waals surface area contributed by atoms with E-state index < -0.39 is 11.8 Å². The van der Waals surface area contributed by atoms with Gasteiger partial charge in [-0.1, -0.05) is 23.2 Å². The molecule has 1 heterocycles. The maximum absolute atomic E-state index is 13.0. The van der Waals surface area contributed by atoms with E-state index in [0.717, 1.165) is 17.7 Å². The Hall–Kier alpha value is -2.37. The number of carbonyl (C=O) groups excluding carboxylic acids is 1. The van der Waals surface area contributed by atoms with Crippen LogP contribution >= 0.6 is 23.2 Å². The van der Waals surface area contributed by atoms with Crippen LogP contribution in [0.2, 0.25) is 10.0 Å². The lowest BCUT2D eigenvalue weighted by Gasteiger charge is -2.04. The molecule has 0 aliphatic heterocycles. The molecule has 0 fully saturated rings. The molecule has 0 atom stereocenters. The molecule has 0 bridgehead atoms. The maximum atomic E-state index is 13.0. The number of aromatic nitrogens is 1. The van der Waals surface area contributed by atoms with Gasteiger partial charge in [0.2, 0.25) is 5.89 Å². The number of rotatable bonds is 4. The van der Waals surface area contributed by atoms with Gasteiger partial charge in [0, 0.05) is 10.6 Å². The van der Waals surface area contributed by atoms with Gasteiger partial charge in [-0.3, -0.25) is 0 Å². The highest BCUT2D eigenvalue weighted by Crippen LogP contribution is 2.23. The zero-order valence-corrected chi connectivity index (χ0v) is 13.6. The van der Waals surface area contributed by atoms with Gasteiger partial charge in [0.05, 0.1) is 16.8 Å². The summed E-state index contributed by atoms with van der Waals surface area (Å²) in [6.07, 6.45) is 1.53. The van der Waals surface area contributed by atoms with Gasteiger partial charge in [-0.15, -0.1) is 0 Å². The molecular weight excluding hydrogens is 356 g/mol. The summed E-state index contributed by atoms with van der Waals surface area (Å²) in [5.41, 5.74) is 0.869. The number of ether oxygens (including phenoxy) is 1. The molecule has 0 spiro atoms. The zero-order valence-electron chi connectivity index (χ0n) is 12.1. The highest BCUT2D eigenvalue weighted by molar-refractivity contribution is 6.33. The number of halogens is 3. The molecule has 0 saturated carbocycles. The molecule has 1 aromatic heterocycles. The summed E-state index contributed by atoms with van der Waals surface area (Å²) >= 11 is 11.6. The fourth-order valence-corrected chi connectivity index (χ4v) is 2.36. The minimum absolute atomic E-state index is 0.0192. The predicted octanol–water partition coefficient (Wildman–Crippen LogP) is 5.14. The SMILES string of the molecule is O=C(OCc1ncc(-c2ccc(Cl)cc2)o1)c1ccc(F)cc1Cl. The van der Waals surface area contributed by atoms with Crippen LogP contribution in [0.4, 0.5) is 4.39 Å². The monoisotopic (exact) mass is 365 g/mol. The Labute approximate surface area is 146 Å². The fourth-order valence-electron chi connectivity index (χ4n) is 1.98. The molecule has 3 aromatic rings. The third kappa shape index (κ3) is 3.75. The number of esters is 1. The number of benzene rings is 2. The van der Waals surface area contributed by atoms with E-state index in [9.17, 15) is 9.18 Å². The minimum atomic E-state index is -0.689. The van der Waals surface area contributed by atoms with Gasteiger partial charge >= 0.3 is 5.97 Å². The molecule has 0 aliphatic rings. The number of hydrogen-bond acceptors (Lipinski definition) is 4. The van der Waals surface area contributed by atoms with E-state index in [1.807, 2.05) is 0 Å². The van der Waals surface area contributed by atoms with Gasteiger partial charge in [0.25, 0.3) is 0 Å². The van der Waals surface area contributed by atoms with Crippen LogP contribution in [0.25, 0.3) is 11.3 Å². The maximum Gasteiger partial charge on any atom is 0.340 e. The van der Waals surface area contributed by atoms with Crippen molar-refractivity contribution in [3.05, 3.63) is 76.0 Å². The number of nitrogens with zero attached hydrogens (tertiary/aromatic N) is 1. The molecule has 0 radical (unpaired) electrons. The van der Waals surface area contributed by atoms with Crippen molar-refractivity contribution in [2.24, 2.45) is 0 Å². The van der Waals surface area contributed by atoms with E-state index in [1.165, 1.54) is 12.3 Å². The summed E-state index contributed by atoms with van der Waals surface area (Å²) < 4.78 is 23.6. The summed E-state index contributed by atoms with van der Waals surface area (Å²) in [7, 11) is 0. The number of carbonyl (C=O) groups is 1. The van der Waals surface area contributed by atoms with Crippen LogP contribution < -0.4 is 0 Å². The summed E-state index contributed by atoms with van der Waals surface area (Å²) in [6, 6.07) is 10.5. The van der Waals surface area contributed by atoms with Crippen molar-refractivity contribution in [1.29, 1.82) is 0 Å². The first kappa shape index (κ1) is 16.5. The van der Waals surface area contributed by atoms with Gasteiger partial charge in [0.1, 0.15) is 5.82 Å². The third-order valence-corrected chi connectivity index (χ3v) is 3.72. The topological polar surface area (TPSA) is 52.3 Å². The summed E-state index contributed by atoms with van der Waals surface area (Å²) in [6.45, 7) is -0.167. The van der Waals surface area contributed by atoms with E-state index in [2.05, 4.69) is 4.98 Å². The van der Waals surface area contributed by atoms with Crippen LogP contribution in [0, 0.1) is 5.82 Å². The van der Waals surface area contributed by atoms with E-state index in [1.54, 1.807) is 24.3 Å². The van der Waals surface area contributed by atoms with Gasteiger partial charge in [0.15, 0.2) is 12.4 Å². The van der Waals surface area contributed by atoms with Crippen LogP contribution in [-0.2, 0) is 11.3 Å². The van der Waals surface area contributed by atoms with E-state index in [4.69, 9.17) is 32.4 Å². The molecular formula is C17H10Cl2FNO3. The van der Waals surface area contributed by atoms with Gasteiger partial charge in [-0.2, -0.15) is 0 Å². The van der Waals surface area contributed by atoms with E-state index in [-0.39, 0.29) is 23.1 Å². The zero-order chi connectivity index (χ0) is 17.1. The van der Waals surface area contributed by atoms with Crippen molar-refractivity contribution in [3.63, 3.8) is 0 Å². The van der Waals surface area contributed by atoms with Crippen molar-refractivity contribution in [3.8, 4) is 11.3 Å². The first-order valence-electron chi connectivity index (χ1n) is 6.86. The first-order chi connectivity index (χ1) is 11.5. The van der Waals surface area contributed by atoms with E-state index >= 15 is 0 Å². The lowest BCUT2D eigenvalue weighted by atomic mass is 10.2. The molecule has 0 aliphatic carbocycles. The Bertz CT molecular complexity index is 878. The quantitative estimate of drug-likeness (QED) is 0.600. The second kappa shape index (κ2) is 7.03. The molecule has 0 amide bonds. The molecule has 2 aromatic carbocycles. The molecule has 0 unspecified atom stereocenters. The minimum Gasteiger partial charge on any atom is -0.452 e. The Morgan fingerprint density at radius 2 is 1.92 bits per heavy atom. The fraction of sp³-hybridized carbons (Fsp3) is 0.0588. The molecule has 0 N–H and O–H groups in total. The van der Waals surface area contributed by atoms with Crippen molar-refractivity contribution >= 4 is 29.2 Å². The van der Waals surface area contributed by atoms with Crippen LogP contribution in [0.15, 0.2) is 53.1 Å².